The van der Waals surface area contributed by atoms with Gasteiger partial charge in [0.2, 0.25) is 0 Å². The fourth-order valence-corrected chi connectivity index (χ4v) is 1.85. The summed E-state index contributed by atoms with van der Waals surface area (Å²) in [7, 11) is 0.616. The van der Waals surface area contributed by atoms with E-state index in [-0.39, 0.29) is 13.1 Å². The van der Waals surface area contributed by atoms with Crippen molar-refractivity contribution in [2.75, 3.05) is 6.61 Å². The number of ether oxygens (including phenoxy) is 1. The van der Waals surface area contributed by atoms with Gasteiger partial charge in [0, 0.05) is 6.61 Å². The molecule has 1 fully saturated rings. The van der Waals surface area contributed by atoms with Gasteiger partial charge in [-0.2, -0.15) is 0 Å². The van der Waals surface area contributed by atoms with Crippen LogP contribution in [-0.4, -0.2) is 35.0 Å². The number of hydrogen-bond acceptors (Lipinski definition) is 3. The molecule has 1 rings (SSSR count). The van der Waals surface area contributed by atoms with E-state index in [0.29, 0.717) is 0 Å². The minimum Gasteiger partial charge on any atom is -0.430 e. The van der Waals surface area contributed by atoms with Crippen molar-refractivity contribution in [1.29, 1.82) is 0 Å². The molecular formula is C5H13BO3Si. The van der Waals surface area contributed by atoms with Gasteiger partial charge in [0.25, 0.3) is 0 Å². The Morgan fingerprint density at radius 2 is 2.40 bits per heavy atom. The van der Waals surface area contributed by atoms with Gasteiger partial charge in [0.15, 0.2) is 0 Å². The lowest BCUT2D eigenvalue weighted by Gasteiger charge is -2.33. The molecule has 0 bridgehead atoms. The van der Waals surface area contributed by atoms with Crippen molar-refractivity contribution in [3.05, 3.63) is 0 Å². The average molecular weight is 160 g/mol. The molecule has 1 saturated heterocycles. The topological polar surface area (TPSA) is 38.7 Å². The zero-order valence-corrected chi connectivity index (χ0v) is 8.30. The predicted molar refractivity (Wildman–Crippen MR) is 42.9 cm³/mol. The van der Waals surface area contributed by atoms with E-state index in [4.69, 9.17) is 14.4 Å². The molecule has 1 aliphatic rings. The average Bonchev–Trinajstić information content (AvgIpc) is 1.89. The van der Waals surface area contributed by atoms with Crippen LogP contribution in [0.3, 0.4) is 0 Å². The Kier molecular flexibility index (Phi) is 2.91. The van der Waals surface area contributed by atoms with Crippen LogP contribution in [-0.2, 0) is 9.39 Å². The second-order valence-corrected chi connectivity index (χ2v) is 4.24. The maximum absolute atomic E-state index is 8.50. The minimum absolute atomic E-state index is 0.219. The van der Waals surface area contributed by atoms with Crippen molar-refractivity contribution in [3.8, 4) is 0 Å². The lowest BCUT2D eigenvalue weighted by molar-refractivity contribution is -0.148. The van der Waals surface area contributed by atoms with E-state index in [1.165, 1.54) is 0 Å². The normalized spacial score (nSPS) is 34.1. The molecule has 3 nitrogen and oxygen atoms in total. The summed E-state index contributed by atoms with van der Waals surface area (Å²) in [5, 5.41) is 8.50. The van der Waals surface area contributed by atoms with Gasteiger partial charge < -0.3 is 14.4 Å². The highest BCUT2D eigenvalue weighted by atomic mass is 28.1. The van der Waals surface area contributed by atoms with Crippen LogP contribution in [0.2, 0.25) is 0 Å². The summed E-state index contributed by atoms with van der Waals surface area (Å²) in [6, 6.07) is 0. The molecule has 1 atom stereocenters. The second-order valence-electron chi connectivity index (χ2n) is 2.71. The van der Waals surface area contributed by atoms with Crippen molar-refractivity contribution in [1.82, 2.24) is 0 Å². The van der Waals surface area contributed by atoms with Crippen LogP contribution in [0.4, 0.5) is 0 Å². The monoisotopic (exact) mass is 160 g/mol. The van der Waals surface area contributed by atoms with Crippen LogP contribution < -0.4 is 0 Å². The minimum atomic E-state index is -0.382. The van der Waals surface area contributed by atoms with Crippen molar-refractivity contribution < 1.29 is 14.4 Å². The van der Waals surface area contributed by atoms with Gasteiger partial charge in [-0.1, -0.05) is 0 Å². The first-order valence-electron chi connectivity index (χ1n) is 3.66. The van der Waals surface area contributed by atoms with Gasteiger partial charge >= 0.3 is 7.69 Å². The zero-order chi connectivity index (χ0) is 7.45. The molecule has 1 unspecified atom stereocenters. The molecule has 0 amide bonds. The summed E-state index contributed by atoms with van der Waals surface area (Å²) >= 11 is 0. The van der Waals surface area contributed by atoms with Gasteiger partial charge in [-0.3, -0.25) is 0 Å². The highest BCUT2D eigenvalue weighted by Crippen LogP contribution is 2.21. The molecule has 0 saturated carbocycles. The number of rotatable bonds is 2. The van der Waals surface area contributed by atoms with E-state index in [1.54, 1.807) is 0 Å². The maximum atomic E-state index is 8.50. The zero-order valence-electron chi connectivity index (χ0n) is 6.30. The first-order valence-corrected chi connectivity index (χ1v) is 4.66. The second kappa shape index (κ2) is 3.52. The van der Waals surface area contributed by atoms with Gasteiger partial charge in [0.05, 0.1) is 10.2 Å². The van der Waals surface area contributed by atoms with E-state index in [9.17, 15) is 0 Å². The molecule has 5 heteroatoms. The van der Waals surface area contributed by atoms with Gasteiger partial charge in [0.1, 0.15) is 5.41 Å². The molecule has 0 aromatic rings. The van der Waals surface area contributed by atoms with Crippen molar-refractivity contribution in [2.45, 2.75) is 24.7 Å². The molecule has 0 spiro atoms. The summed E-state index contributed by atoms with van der Waals surface area (Å²) in [6.45, 7) is 0.781. The summed E-state index contributed by atoms with van der Waals surface area (Å²) in [4.78, 5) is 0. The SMILES string of the molecule is OBOC1([SiH3])CCCCO1. The van der Waals surface area contributed by atoms with Crippen molar-refractivity contribution in [2.24, 2.45) is 0 Å². The van der Waals surface area contributed by atoms with Crippen LogP contribution in [0, 0.1) is 0 Å². The Hall–Kier alpha value is 0.162. The molecule has 0 radical (unpaired) electrons. The summed E-state index contributed by atoms with van der Waals surface area (Å²) < 4.78 is 10.5. The quantitative estimate of drug-likeness (QED) is 0.498. The van der Waals surface area contributed by atoms with Crippen LogP contribution >= 0.6 is 0 Å². The van der Waals surface area contributed by atoms with E-state index >= 15 is 0 Å². The third-order valence-corrected chi connectivity index (χ3v) is 2.88. The van der Waals surface area contributed by atoms with Crippen LogP contribution in [0.15, 0.2) is 0 Å². The molecule has 1 aliphatic heterocycles. The Bertz CT molecular complexity index is 99.6. The highest BCUT2D eigenvalue weighted by Gasteiger charge is 2.27. The third kappa shape index (κ3) is 2.09. The molecular weight excluding hydrogens is 147 g/mol. The van der Waals surface area contributed by atoms with Crippen LogP contribution in [0.25, 0.3) is 0 Å². The summed E-state index contributed by atoms with van der Waals surface area (Å²) in [5.41, 5.74) is -0.382. The van der Waals surface area contributed by atoms with E-state index in [0.717, 1.165) is 36.1 Å². The molecule has 58 valence electrons. The highest BCUT2D eigenvalue weighted by molar-refractivity contribution is 6.21. The predicted octanol–water partition coefficient (Wildman–Crippen LogP) is -1.52. The van der Waals surface area contributed by atoms with E-state index in [1.807, 2.05) is 0 Å². The lowest BCUT2D eigenvalue weighted by Crippen LogP contribution is -2.40. The Balaban J connectivity index is 2.32. The largest absolute Gasteiger partial charge is 0.437 e. The first kappa shape index (κ1) is 8.26. The Morgan fingerprint density at radius 1 is 1.60 bits per heavy atom. The van der Waals surface area contributed by atoms with Crippen LogP contribution in [0.1, 0.15) is 19.3 Å². The lowest BCUT2D eigenvalue weighted by atomic mass is 10.2. The smallest absolute Gasteiger partial charge is 0.430 e. The maximum Gasteiger partial charge on any atom is 0.437 e. The molecule has 1 N–H and O–H groups in total. The van der Waals surface area contributed by atoms with Crippen molar-refractivity contribution in [3.63, 3.8) is 0 Å². The fraction of sp³-hybridized carbons (Fsp3) is 1.00. The number of hydrogen-bond donors (Lipinski definition) is 1. The van der Waals surface area contributed by atoms with Gasteiger partial charge in [-0.05, 0) is 19.3 Å². The van der Waals surface area contributed by atoms with Crippen molar-refractivity contribution >= 4 is 17.9 Å². The fourth-order valence-electron chi connectivity index (χ4n) is 1.16. The molecule has 10 heavy (non-hydrogen) atoms. The standard InChI is InChI=1S/C5H13BO3Si/c7-6-9-5(10)3-1-2-4-8-5/h6-7H,1-4H2,10H3. The molecule has 0 aromatic heterocycles. The third-order valence-electron chi connectivity index (χ3n) is 1.80. The Labute approximate surface area is 64.4 Å². The molecule has 0 aromatic carbocycles. The van der Waals surface area contributed by atoms with E-state index in [2.05, 4.69) is 0 Å². The van der Waals surface area contributed by atoms with Gasteiger partial charge in [-0.15, -0.1) is 0 Å². The molecule has 1 heterocycles. The molecule has 0 aliphatic carbocycles. The summed E-state index contributed by atoms with van der Waals surface area (Å²) in [5.74, 6) is 0. The summed E-state index contributed by atoms with van der Waals surface area (Å²) in [6.07, 6.45) is 3.22. The van der Waals surface area contributed by atoms with Gasteiger partial charge in [-0.25, -0.2) is 0 Å². The first-order chi connectivity index (χ1) is 4.77. The van der Waals surface area contributed by atoms with Crippen LogP contribution in [0.5, 0.6) is 0 Å². The van der Waals surface area contributed by atoms with E-state index < -0.39 is 0 Å². The Morgan fingerprint density at radius 3 is 2.90 bits per heavy atom.